The molecule has 0 saturated carbocycles. The van der Waals surface area contributed by atoms with Crippen LogP contribution in [0.3, 0.4) is 0 Å². The quantitative estimate of drug-likeness (QED) is 0.855. The fourth-order valence-corrected chi connectivity index (χ4v) is 3.59. The van der Waals surface area contributed by atoms with Crippen LogP contribution in [0.2, 0.25) is 0 Å². The predicted octanol–water partition coefficient (Wildman–Crippen LogP) is 2.57. The zero-order chi connectivity index (χ0) is 14.8. The lowest BCUT2D eigenvalue weighted by Crippen LogP contribution is -2.39. The van der Waals surface area contributed by atoms with Crippen molar-refractivity contribution in [1.29, 1.82) is 0 Å². The topological polar surface area (TPSA) is 59.0 Å². The Kier molecular flexibility index (Phi) is 3.96. The van der Waals surface area contributed by atoms with Crippen molar-refractivity contribution < 1.29 is 4.79 Å². The molecule has 0 unspecified atom stereocenters. The number of aryl methyl sites for hydroxylation is 2. The molecule has 2 aromatic rings. The molecule has 2 aromatic heterocycles. The van der Waals surface area contributed by atoms with Gasteiger partial charge in [0.1, 0.15) is 11.5 Å². The van der Waals surface area contributed by atoms with Gasteiger partial charge < -0.3 is 4.90 Å². The van der Waals surface area contributed by atoms with E-state index in [0.29, 0.717) is 17.4 Å². The van der Waals surface area contributed by atoms with Gasteiger partial charge in [-0.15, -0.1) is 11.3 Å². The maximum Gasteiger partial charge on any atom is 0.272 e. The molecule has 0 radical (unpaired) electrons. The van der Waals surface area contributed by atoms with E-state index in [1.54, 1.807) is 30.5 Å². The van der Waals surface area contributed by atoms with Crippen molar-refractivity contribution in [3.63, 3.8) is 0 Å². The van der Waals surface area contributed by atoms with Crippen LogP contribution < -0.4 is 0 Å². The number of thiazole rings is 1. The zero-order valence-electron chi connectivity index (χ0n) is 12.2. The number of carbonyl (C=O) groups excluding carboxylic acids is 1. The average Bonchev–Trinajstić information content (AvgIpc) is 2.93. The molecule has 1 fully saturated rings. The lowest BCUT2D eigenvalue weighted by molar-refractivity contribution is 0.0700. The summed E-state index contributed by atoms with van der Waals surface area (Å²) in [4.78, 5) is 27.3. The summed E-state index contributed by atoms with van der Waals surface area (Å²) in [6.45, 7) is 5.33. The van der Waals surface area contributed by atoms with Gasteiger partial charge in [-0.3, -0.25) is 4.79 Å². The molecular weight excluding hydrogens is 284 g/mol. The predicted molar refractivity (Wildman–Crippen MR) is 81.5 cm³/mol. The highest BCUT2D eigenvalue weighted by atomic mass is 32.1. The monoisotopic (exact) mass is 302 g/mol. The van der Waals surface area contributed by atoms with Crippen LogP contribution in [0, 0.1) is 13.8 Å². The molecule has 6 heteroatoms. The first-order valence-corrected chi connectivity index (χ1v) is 8.02. The maximum atomic E-state index is 12.6. The third kappa shape index (κ3) is 3.10. The van der Waals surface area contributed by atoms with Crippen molar-refractivity contribution in [2.24, 2.45) is 0 Å². The van der Waals surface area contributed by atoms with Gasteiger partial charge >= 0.3 is 0 Å². The molecule has 110 valence electrons. The van der Waals surface area contributed by atoms with Crippen LogP contribution in [0.5, 0.6) is 0 Å². The second-order valence-electron chi connectivity index (χ2n) is 5.41. The lowest BCUT2D eigenvalue weighted by atomic mass is 9.98. The minimum absolute atomic E-state index is 0.00141. The molecule has 1 aliphatic rings. The number of hydrogen-bond acceptors (Lipinski definition) is 5. The molecule has 21 heavy (non-hydrogen) atoms. The number of likely N-dealkylation sites (tertiary alicyclic amines) is 1. The van der Waals surface area contributed by atoms with E-state index in [-0.39, 0.29) is 5.91 Å². The average molecular weight is 302 g/mol. The van der Waals surface area contributed by atoms with Crippen LogP contribution in [-0.4, -0.2) is 38.8 Å². The minimum Gasteiger partial charge on any atom is -0.337 e. The summed E-state index contributed by atoms with van der Waals surface area (Å²) in [5.41, 5.74) is 1.54. The normalized spacial score (nSPS) is 18.8. The van der Waals surface area contributed by atoms with E-state index >= 15 is 0 Å². The third-order valence-electron chi connectivity index (χ3n) is 3.69. The van der Waals surface area contributed by atoms with E-state index in [0.717, 1.165) is 36.6 Å². The molecule has 1 saturated heterocycles. The highest BCUT2D eigenvalue weighted by Crippen LogP contribution is 2.29. The number of piperidine rings is 1. The Balaban J connectivity index is 1.75. The van der Waals surface area contributed by atoms with E-state index in [1.165, 1.54) is 0 Å². The summed E-state index contributed by atoms with van der Waals surface area (Å²) >= 11 is 1.69. The molecular formula is C15H18N4OS. The Hall–Kier alpha value is -1.82. The molecule has 3 heterocycles. The molecule has 1 atom stereocenters. The lowest BCUT2D eigenvalue weighted by Gasteiger charge is -2.31. The summed E-state index contributed by atoms with van der Waals surface area (Å²) < 4.78 is 0. The summed E-state index contributed by atoms with van der Waals surface area (Å²) in [5, 5.41) is 3.22. The van der Waals surface area contributed by atoms with Crippen molar-refractivity contribution in [1.82, 2.24) is 19.9 Å². The highest BCUT2D eigenvalue weighted by Gasteiger charge is 2.27. The van der Waals surface area contributed by atoms with Gasteiger partial charge in [0.2, 0.25) is 0 Å². The van der Waals surface area contributed by atoms with Crippen LogP contribution in [0.15, 0.2) is 17.6 Å². The van der Waals surface area contributed by atoms with Gasteiger partial charge in [-0.05, 0) is 32.8 Å². The molecule has 0 spiro atoms. The molecule has 5 nitrogen and oxygen atoms in total. The van der Waals surface area contributed by atoms with Crippen molar-refractivity contribution in [3.05, 3.63) is 39.9 Å². The molecule has 0 aliphatic carbocycles. The van der Waals surface area contributed by atoms with Crippen LogP contribution in [0.1, 0.15) is 45.8 Å². The Morgan fingerprint density at radius 2 is 2.24 bits per heavy atom. The summed E-state index contributed by atoms with van der Waals surface area (Å²) in [7, 11) is 0. The van der Waals surface area contributed by atoms with Crippen molar-refractivity contribution in [3.8, 4) is 0 Å². The largest absolute Gasteiger partial charge is 0.337 e. The van der Waals surface area contributed by atoms with E-state index < -0.39 is 0 Å². The van der Waals surface area contributed by atoms with Crippen molar-refractivity contribution in [2.75, 3.05) is 13.1 Å². The van der Waals surface area contributed by atoms with Crippen molar-refractivity contribution >= 4 is 17.2 Å². The first-order chi connectivity index (χ1) is 10.1. The smallest absolute Gasteiger partial charge is 0.272 e. The minimum atomic E-state index is -0.00141. The van der Waals surface area contributed by atoms with E-state index in [1.807, 2.05) is 11.8 Å². The summed E-state index contributed by atoms with van der Waals surface area (Å²) in [6.07, 6.45) is 3.75. The van der Waals surface area contributed by atoms with Crippen LogP contribution >= 0.6 is 11.3 Å². The maximum absolute atomic E-state index is 12.6. The third-order valence-corrected chi connectivity index (χ3v) is 4.81. The molecule has 3 rings (SSSR count). The molecule has 1 amide bonds. The fraction of sp³-hybridized carbons (Fsp3) is 0.467. The summed E-state index contributed by atoms with van der Waals surface area (Å²) in [6, 6.07) is 1.69. The SMILES string of the molecule is Cc1csc([C@@H]2CCCN(C(=O)c3ccnc(C)n3)C2)n1. The number of amides is 1. The second-order valence-corrected chi connectivity index (χ2v) is 6.30. The Morgan fingerprint density at radius 1 is 1.38 bits per heavy atom. The molecule has 0 aromatic carbocycles. The van der Waals surface area contributed by atoms with Gasteiger partial charge in [-0.25, -0.2) is 15.0 Å². The van der Waals surface area contributed by atoms with Crippen LogP contribution in [0.4, 0.5) is 0 Å². The first kappa shape index (κ1) is 14.1. The van der Waals surface area contributed by atoms with E-state index in [2.05, 4.69) is 20.3 Å². The Labute approximate surface area is 128 Å². The highest BCUT2D eigenvalue weighted by molar-refractivity contribution is 7.09. The standard InChI is InChI=1S/C15H18N4OS/c1-10-9-21-14(17-10)12-4-3-7-19(8-12)15(20)13-5-6-16-11(2)18-13/h5-6,9,12H,3-4,7-8H2,1-2H3/t12-/m1/s1. The number of nitrogens with zero attached hydrogens (tertiary/aromatic N) is 4. The van der Waals surface area contributed by atoms with E-state index in [4.69, 9.17) is 0 Å². The number of carbonyl (C=O) groups is 1. The van der Waals surface area contributed by atoms with Gasteiger partial charge in [-0.1, -0.05) is 0 Å². The molecule has 0 N–H and O–H groups in total. The van der Waals surface area contributed by atoms with Crippen LogP contribution in [0.25, 0.3) is 0 Å². The number of hydrogen-bond donors (Lipinski definition) is 0. The van der Waals surface area contributed by atoms with Gasteiger partial charge in [0, 0.05) is 36.3 Å². The molecule has 0 bridgehead atoms. The second kappa shape index (κ2) is 5.89. The van der Waals surface area contributed by atoms with Crippen LogP contribution in [-0.2, 0) is 0 Å². The fourth-order valence-electron chi connectivity index (χ4n) is 2.66. The van der Waals surface area contributed by atoms with Gasteiger partial charge in [0.05, 0.1) is 5.01 Å². The van der Waals surface area contributed by atoms with Crippen molar-refractivity contribution in [2.45, 2.75) is 32.6 Å². The van der Waals surface area contributed by atoms with Gasteiger partial charge in [0.25, 0.3) is 5.91 Å². The zero-order valence-corrected chi connectivity index (χ0v) is 13.1. The van der Waals surface area contributed by atoms with Gasteiger partial charge in [0.15, 0.2) is 0 Å². The Bertz CT molecular complexity index is 655. The first-order valence-electron chi connectivity index (χ1n) is 7.14. The number of rotatable bonds is 2. The van der Waals surface area contributed by atoms with E-state index in [9.17, 15) is 4.79 Å². The Morgan fingerprint density at radius 3 is 2.95 bits per heavy atom. The summed E-state index contributed by atoms with van der Waals surface area (Å²) in [5.74, 6) is 0.979. The van der Waals surface area contributed by atoms with Gasteiger partial charge in [-0.2, -0.15) is 0 Å². The number of aromatic nitrogens is 3. The molecule has 1 aliphatic heterocycles.